The summed E-state index contributed by atoms with van der Waals surface area (Å²) in [4.78, 5) is 12.4. The molecule has 172 valence electrons. The largest absolute Gasteiger partial charge is 0.272 e. The van der Waals surface area contributed by atoms with Gasteiger partial charge in [0.2, 0.25) is 0 Å². The lowest BCUT2D eigenvalue weighted by Crippen LogP contribution is -2.20. The molecule has 4 aromatic rings. The summed E-state index contributed by atoms with van der Waals surface area (Å²) in [7, 11) is 0. The van der Waals surface area contributed by atoms with Gasteiger partial charge in [0.05, 0.1) is 22.0 Å². The lowest BCUT2D eigenvalue weighted by Gasteiger charge is -2.11. The number of hydrazone groups is 1. The van der Waals surface area contributed by atoms with E-state index in [0.717, 1.165) is 22.4 Å². The highest BCUT2D eigenvalue weighted by atomic mass is 35.5. The highest BCUT2D eigenvalue weighted by Gasteiger charge is 2.17. The lowest BCUT2D eigenvalue weighted by molar-refractivity contribution is -0.118. The van der Waals surface area contributed by atoms with Crippen LogP contribution in [0.15, 0.2) is 77.0 Å². The van der Waals surface area contributed by atoms with Crippen molar-refractivity contribution in [3.8, 4) is 17.1 Å². The summed E-state index contributed by atoms with van der Waals surface area (Å²) >= 11 is 13.4. The second kappa shape index (κ2) is 10.9. The van der Waals surface area contributed by atoms with E-state index >= 15 is 0 Å². The van der Waals surface area contributed by atoms with Crippen molar-refractivity contribution in [1.29, 1.82) is 0 Å². The van der Waals surface area contributed by atoms with E-state index in [4.69, 9.17) is 23.2 Å². The predicted molar refractivity (Wildman–Crippen MR) is 139 cm³/mol. The monoisotopic (exact) mass is 509 g/mol. The summed E-state index contributed by atoms with van der Waals surface area (Å²) < 4.78 is 1.96. The van der Waals surface area contributed by atoms with Crippen LogP contribution in [0, 0.1) is 13.8 Å². The Kier molecular flexibility index (Phi) is 7.67. The first-order valence-electron chi connectivity index (χ1n) is 10.4. The fourth-order valence-electron chi connectivity index (χ4n) is 3.14. The number of rotatable bonds is 7. The number of aromatic nitrogens is 3. The van der Waals surface area contributed by atoms with Crippen LogP contribution in [0.3, 0.4) is 0 Å². The van der Waals surface area contributed by atoms with Crippen molar-refractivity contribution >= 4 is 47.1 Å². The molecular formula is C25H21Cl2N5OS. The van der Waals surface area contributed by atoms with Crippen molar-refractivity contribution in [2.75, 3.05) is 5.75 Å². The Hall–Kier alpha value is -3.13. The Labute approximate surface area is 212 Å². The van der Waals surface area contributed by atoms with Gasteiger partial charge in [0, 0.05) is 16.8 Å². The molecular weight excluding hydrogens is 489 g/mol. The van der Waals surface area contributed by atoms with Crippen LogP contribution >= 0.6 is 35.0 Å². The lowest BCUT2D eigenvalue weighted by atomic mass is 10.1. The van der Waals surface area contributed by atoms with Gasteiger partial charge in [0.25, 0.3) is 5.91 Å². The van der Waals surface area contributed by atoms with Crippen LogP contribution in [0.2, 0.25) is 10.0 Å². The number of hydrogen-bond acceptors (Lipinski definition) is 5. The molecule has 1 amide bonds. The van der Waals surface area contributed by atoms with Gasteiger partial charge in [-0.05, 0) is 32.0 Å². The Morgan fingerprint density at radius 1 is 1.00 bits per heavy atom. The third-order valence-electron chi connectivity index (χ3n) is 4.94. The van der Waals surface area contributed by atoms with Crippen molar-refractivity contribution in [1.82, 2.24) is 20.2 Å². The van der Waals surface area contributed by atoms with E-state index in [9.17, 15) is 4.79 Å². The second-order valence-corrected chi connectivity index (χ2v) is 9.30. The van der Waals surface area contributed by atoms with Gasteiger partial charge in [-0.3, -0.25) is 9.36 Å². The average molecular weight is 510 g/mol. The van der Waals surface area contributed by atoms with Crippen molar-refractivity contribution in [3.05, 3.63) is 93.5 Å². The highest BCUT2D eigenvalue weighted by Crippen LogP contribution is 2.28. The van der Waals surface area contributed by atoms with E-state index in [0.29, 0.717) is 26.6 Å². The normalized spacial score (nSPS) is 11.2. The number of carbonyl (C=O) groups is 1. The van der Waals surface area contributed by atoms with Gasteiger partial charge in [-0.15, -0.1) is 10.2 Å². The molecule has 0 saturated carbocycles. The molecule has 0 aliphatic rings. The molecule has 0 aliphatic carbocycles. The molecule has 0 aliphatic heterocycles. The standard InChI is InChI=1S/C25H21Cl2N5OS/c1-16-6-10-18(11-7-16)24-30-31-25(32(24)20-12-8-17(2)9-13-20)34-15-22(33)29-28-14-19-4-3-5-21(26)23(19)27/h3-14H,15H2,1-2H3,(H,29,33). The van der Waals surface area contributed by atoms with Crippen LogP contribution in [-0.4, -0.2) is 32.6 Å². The first-order valence-corrected chi connectivity index (χ1v) is 12.1. The van der Waals surface area contributed by atoms with E-state index in [-0.39, 0.29) is 11.7 Å². The molecule has 0 unspecified atom stereocenters. The van der Waals surface area contributed by atoms with Gasteiger partial charge < -0.3 is 0 Å². The summed E-state index contributed by atoms with van der Waals surface area (Å²) in [6, 6.07) is 21.4. The SMILES string of the molecule is Cc1ccc(-c2nnc(SCC(=O)NN=Cc3cccc(Cl)c3Cl)n2-c2ccc(C)cc2)cc1. The topological polar surface area (TPSA) is 72.2 Å². The summed E-state index contributed by atoms with van der Waals surface area (Å²) in [5.74, 6) is 0.536. The zero-order chi connectivity index (χ0) is 24.1. The molecule has 1 heterocycles. The number of nitrogens with zero attached hydrogens (tertiary/aromatic N) is 4. The molecule has 0 bridgehead atoms. The number of nitrogens with one attached hydrogen (secondary N) is 1. The van der Waals surface area contributed by atoms with Crippen LogP contribution in [0.4, 0.5) is 0 Å². The van der Waals surface area contributed by atoms with E-state index in [1.807, 2.05) is 66.9 Å². The number of aryl methyl sites for hydroxylation is 2. The Bertz CT molecular complexity index is 1330. The van der Waals surface area contributed by atoms with Gasteiger partial charge in [-0.1, -0.05) is 94.6 Å². The quantitative estimate of drug-likeness (QED) is 0.185. The first kappa shape index (κ1) is 24.0. The summed E-state index contributed by atoms with van der Waals surface area (Å²) in [6.07, 6.45) is 1.46. The fraction of sp³-hybridized carbons (Fsp3) is 0.120. The minimum absolute atomic E-state index is 0.110. The Morgan fingerprint density at radius 2 is 1.68 bits per heavy atom. The molecule has 34 heavy (non-hydrogen) atoms. The molecule has 3 aromatic carbocycles. The van der Waals surface area contributed by atoms with Gasteiger partial charge in [-0.2, -0.15) is 5.10 Å². The molecule has 0 spiro atoms. The smallest absolute Gasteiger partial charge is 0.250 e. The zero-order valence-corrected chi connectivity index (χ0v) is 20.8. The van der Waals surface area contributed by atoms with Crippen LogP contribution < -0.4 is 5.43 Å². The number of carbonyl (C=O) groups excluding carboxylic acids is 1. The maximum Gasteiger partial charge on any atom is 0.250 e. The first-order chi connectivity index (χ1) is 16.4. The molecule has 6 nitrogen and oxygen atoms in total. The van der Waals surface area contributed by atoms with E-state index in [2.05, 4.69) is 20.7 Å². The maximum atomic E-state index is 12.4. The number of thioether (sulfide) groups is 1. The number of amides is 1. The van der Waals surface area contributed by atoms with Crippen molar-refractivity contribution in [3.63, 3.8) is 0 Å². The Balaban J connectivity index is 1.51. The van der Waals surface area contributed by atoms with Gasteiger partial charge in [0.1, 0.15) is 0 Å². The number of hydrogen-bond donors (Lipinski definition) is 1. The highest BCUT2D eigenvalue weighted by molar-refractivity contribution is 7.99. The zero-order valence-electron chi connectivity index (χ0n) is 18.5. The van der Waals surface area contributed by atoms with Crippen LogP contribution in [0.5, 0.6) is 0 Å². The second-order valence-electron chi connectivity index (χ2n) is 7.57. The number of benzene rings is 3. The fourth-order valence-corrected chi connectivity index (χ4v) is 4.24. The van der Waals surface area contributed by atoms with Crippen molar-refractivity contribution in [2.45, 2.75) is 19.0 Å². The molecule has 0 fully saturated rings. The summed E-state index contributed by atoms with van der Waals surface area (Å²) in [5, 5.41) is 14.2. The molecule has 9 heteroatoms. The number of halogens is 2. The average Bonchev–Trinajstić information content (AvgIpc) is 3.25. The van der Waals surface area contributed by atoms with Crippen LogP contribution in [0.25, 0.3) is 17.1 Å². The van der Waals surface area contributed by atoms with E-state index in [1.54, 1.807) is 18.2 Å². The molecule has 0 radical (unpaired) electrons. The van der Waals surface area contributed by atoms with Crippen LogP contribution in [0.1, 0.15) is 16.7 Å². The third kappa shape index (κ3) is 5.67. The van der Waals surface area contributed by atoms with E-state index < -0.39 is 0 Å². The molecule has 4 rings (SSSR count). The predicted octanol–water partition coefficient (Wildman–Crippen LogP) is 6.10. The maximum absolute atomic E-state index is 12.4. The minimum Gasteiger partial charge on any atom is -0.272 e. The summed E-state index contributed by atoms with van der Waals surface area (Å²) in [5.41, 5.74) is 7.30. The third-order valence-corrected chi connectivity index (χ3v) is 6.70. The molecule has 0 saturated heterocycles. The van der Waals surface area contributed by atoms with Gasteiger partial charge in [0.15, 0.2) is 11.0 Å². The Morgan fingerprint density at radius 3 is 2.38 bits per heavy atom. The van der Waals surface area contributed by atoms with Crippen molar-refractivity contribution in [2.24, 2.45) is 5.10 Å². The summed E-state index contributed by atoms with van der Waals surface area (Å²) in [6.45, 7) is 4.07. The van der Waals surface area contributed by atoms with Gasteiger partial charge >= 0.3 is 0 Å². The molecule has 1 aromatic heterocycles. The molecule has 1 N–H and O–H groups in total. The minimum atomic E-state index is -0.283. The molecule has 0 atom stereocenters. The van der Waals surface area contributed by atoms with E-state index in [1.165, 1.54) is 18.0 Å². The van der Waals surface area contributed by atoms with Crippen molar-refractivity contribution < 1.29 is 4.79 Å². The van der Waals surface area contributed by atoms with Crippen LogP contribution in [-0.2, 0) is 4.79 Å². The van der Waals surface area contributed by atoms with Gasteiger partial charge in [-0.25, -0.2) is 5.43 Å².